The molecule has 0 saturated carbocycles. The molecule has 0 aliphatic heterocycles. The molecule has 0 rings (SSSR count). The van der Waals surface area contributed by atoms with E-state index in [9.17, 15) is 34.4 Å². The molecular weight excluding hydrogens is 332 g/mol. The minimum absolute atomic E-state index is 0.858. The van der Waals surface area contributed by atoms with Gasteiger partial charge in [0.15, 0.2) is 0 Å². The van der Waals surface area contributed by atoms with Crippen molar-refractivity contribution in [3.05, 3.63) is 0 Å². The predicted molar refractivity (Wildman–Crippen MR) is 61.2 cm³/mol. The Morgan fingerprint density at radius 3 is 1.10 bits per heavy atom. The first-order valence-corrected chi connectivity index (χ1v) is 8.19. The summed E-state index contributed by atoms with van der Waals surface area (Å²) < 4.78 is 101. The molecule has 0 N–H and O–H groups in total. The van der Waals surface area contributed by atoms with E-state index in [0.29, 0.717) is 0 Å². The second-order valence-electron chi connectivity index (χ2n) is 3.49. The summed E-state index contributed by atoms with van der Waals surface area (Å²) >= 11 is 0. The molecule has 0 bridgehead atoms. The zero-order valence-corrected chi connectivity index (χ0v) is 11.8. The van der Waals surface area contributed by atoms with Gasteiger partial charge in [0.25, 0.3) is 20.2 Å². The first-order chi connectivity index (χ1) is 9.25. The smallest absolute Gasteiger partial charge is 0.267 e. The molecule has 0 unspecified atom stereocenters. The molecule has 0 aromatic heterocycles. The van der Waals surface area contributed by atoms with Crippen molar-refractivity contribution in [3.8, 4) is 0 Å². The van der Waals surface area contributed by atoms with Crippen LogP contribution in [-0.2, 0) is 28.6 Å². The van der Waals surface area contributed by atoms with Crippen molar-refractivity contribution < 1.29 is 42.8 Å². The molecule has 0 saturated heterocycles. The topological polar surface area (TPSA) is 86.7 Å². The zero-order valence-electron chi connectivity index (χ0n) is 10.2. The Hall–Kier alpha value is -0.460. The highest BCUT2D eigenvalue weighted by Crippen LogP contribution is 2.09. The molecule has 6 nitrogen and oxygen atoms in total. The Balaban J connectivity index is 4.34. The van der Waals surface area contributed by atoms with Gasteiger partial charge >= 0.3 is 0 Å². The van der Waals surface area contributed by atoms with Gasteiger partial charge in [-0.2, -0.15) is 16.8 Å². The molecule has 122 valence electrons. The average molecular weight is 346 g/mol. The van der Waals surface area contributed by atoms with Crippen LogP contribution in [0, 0.1) is 0 Å². The van der Waals surface area contributed by atoms with E-state index in [-0.39, 0.29) is 0 Å². The lowest BCUT2D eigenvalue weighted by molar-refractivity contribution is 0.213. The van der Waals surface area contributed by atoms with Crippen LogP contribution in [0.15, 0.2) is 0 Å². The van der Waals surface area contributed by atoms with Gasteiger partial charge in [0.2, 0.25) is 0 Å². The minimum Gasteiger partial charge on any atom is -0.267 e. The number of alkyl halides is 4. The first-order valence-electron chi connectivity index (χ1n) is 5.25. The fourth-order valence-electron chi connectivity index (χ4n) is 0.884. The largest absolute Gasteiger partial charge is 0.275 e. The Kier molecular flexibility index (Phi) is 8.54. The van der Waals surface area contributed by atoms with Crippen LogP contribution in [0.1, 0.15) is 0 Å². The van der Waals surface area contributed by atoms with Crippen LogP contribution in [0.4, 0.5) is 17.6 Å². The standard InChI is InChI=1S/C8H14F4O6S2/c9-3-7(4-10)19(13,14)17-1-2-18-20(15,16)8(5-11)6-12/h7-8H,1-6H2. The molecule has 0 aliphatic carbocycles. The van der Waals surface area contributed by atoms with Gasteiger partial charge < -0.3 is 0 Å². The van der Waals surface area contributed by atoms with Crippen molar-refractivity contribution in [2.45, 2.75) is 10.5 Å². The van der Waals surface area contributed by atoms with Gasteiger partial charge in [-0.25, -0.2) is 17.6 Å². The zero-order chi connectivity index (χ0) is 15.8. The molecule has 0 aromatic carbocycles. The fourth-order valence-corrected chi connectivity index (χ4v) is 2.49. The van der Waals surface area contributed by atoms with E-state index in [4.69, 9.17) is 0 Å². The summed E-state index contributed by atoms with van der Waals surface area (Å²) in [7, 11) is -9.09. The summed E-state index contributed by atoms with van der Waals surface area (Å²) in [5.41, 5.74) is 0. The Labute approximate surface area is 114 Å². The van der Waals surface area contributed by atoms with Crippen LogP contribution in [-0.4, -0.2) is 67.2 Å². The summed E-state index contributed by atoms with van der Waals surface area (Å²) in [5.74, 6) is 0. The first kappa shape index (κ1) is 19.5. The molecular formula is C8H14F4O6S2. The molecule has 0 atom stereocenters. The van der Waals surface area contributed by atoms with Gasteiger partial charge in [0.05, 0.1) is 13.2 Å². The molecule has 20 heavy (non-hydrogen) atoms. The summed E-state index contributed by atoms with van der Waals surface area (Å²) in [6.45, 7) is -7.76. The highest BCUT2D eigenvalue weighted by Gasteiger charge is 2.29. The Morgan fingerprint density at radius 2 is 0.900 bits per heavy atom. The van der Waals surface area contributed by atoms with E-state index in [1.165, 1.54) is 0 Å². The van der Waals surface area contributed by atoms with Gasteiger partial charge in [-0.3, -0.25) is 8.37 Å². The van der Waals surface area contributed by atoms with E-state index in [1.807, 2.05) is 0 Å². The molecule has 0 amide bonds. The van der Waals surface area contributed by atoms with Crippen LogP contribution < -0.4 is 0 Å². The molecule has 0 radical (unpaired) electrons. The average Bonchev–Trinajstić information content (AvgIpc) is 2.37. The van der Waals surface area contributed by atoms with Crippen LogP contribution >= 0.6 is 0 Å². The van der Waals surface area contributed by atoms with Gasteiger partial charge in [0.1, 0.15) is 37.2 Å². The third-order valence-electron chi connectivity index (χ3n) is 2.08. The third kappa shape index (κ3) is 5.89. The molecule has 12 heteroatoms. The molecule has 0 fully saturated rings. The van der Waals surface area contributed by atoms with Crippen molar-refractivity contribution >= 4 is 20.2 Å². The van der Waals surface area contributed by atoms with Crippen LogP contribution in [0.5, 0.6) is 0 Å². The minimum atomic E-state index is -4.54. The summed E-state index contributed by atoms with van der Waals surface area (Å²) in [6, 6.07) is 0. The SMILES string of the molecule is O=S(=O)(OCCOS(=O)(=O)C(CF)CF)C(CF)CF. The molecule has 0 aliphatic rings. The van der Waals surface area contributed by atoms with Crippen molar-refractivity contribution in [2.75, 3.05) is 39.9 Å². The molecule has 0 aromatic rings. The second-order valence-corrected chi connectivity index (χ2v) is 7.27. The third-order valence-corrected chi connectivity index (χ3v) is 5.21. The van der Waals surface area contributed by atoms with Gasteiger partial charge in [-0.1, -0.05) is 0 Å². The van der Waals surface area contributed by atoms with Crippen LogP contribution in [0.25, 0.3) is 0 Å². The van der Waals surface area contributed by atoms with Crippen molar-refractivity contribution in [3.63, 3.8) is 0 Å². The van der Waals surface area contributed by atoms with Crippen LogP contribution in [0.2, 0.25) is 0 Å². The maximum absolute atomic E-state index is 12.1. The molecule has 0 spiro atoms. The Morgan fingerprint density at radius 1 is 0.650 bits per heavy atom. The quantitative estimate of drug-likeness (QED) is 0.304. The number of hydrogen-bond donors (Lipinski definition) is 0. The molecule has 0 heterocycles. The van der Waals surface area contributed by atoms with Crippen molar-refractivity contribution in [1.29, 1.82) is 0 Å². The predicted octanol–water partition coefficient (Wildman–Crippen LogP) is 0.294. The summed E-state index contributed by atoms with van der Waals surface area (Å²) in [5, 5.41) is -4.02. The lowest BCUT2D eigenvalue weighted by Crippen LogP contribution is -2.31. The lowest BCUT2D eigenvalue weighted by atomic mass is 10.5. The van der Waals surface area contributed by atoms with E-state index in [0.717, 1.165) is 0 Å². The fraction of sp³-hybridized carbons (Fsp3) is 1.00. The van der Waals surface area contributed by atoms with E-state index < -0.39 is 70.6 Å². The van der Waals surface area contributed by atoms with E-state index in [1.54, 1.807) is 0 Å². The van der Waals surface area contributed by atoms with Gasteiger partial charge in [-0.05, 0) is 0 Å². The summed E-state index contributed by atoms with van der Waals surface area (Å²) in [4.78, 5) is 0. The summed E-state index contributed by atoms with van der Waals surface area (Å²) in [6.07, 6.45) is 0. The maximum Gasteiger partial charge on any atom is 0.275 e. The van der Waals surface area contributed by atoms with E-state index in [2.05, 4.69) is 8.37 Å². The lowest BCUT2D eigenvalue weighted by Gasteiger charge is -2.12. The maximum atomic E-state index is 12.1. The van der Waals surface area contributed by atoms with Gasteiger partial charge in [0, 0.05) is 0 Å². The number of hydrogen-bond acceptors (Lipinski definition) is 6. The van der Waals surface area contributed by atoms with Crippen LogP contribution in [0.3, 0.4) is 0 Å². The Bertz CT molecular complexity index is 413. The number of halogens is 4. The highest BCUT2D eigenvalue weighted by atomic mass is 32.2. The van der Waals surface area contributed by atoms with E-state index >= 15 is 0 Å². The second kappa shape index (κ2) is 8.74. The van der Waals surface area contributed by atoms with Gasteiger partial charge in [-0.15, -0.1) is 0 Å². The normalized spacial score (nSPS) is 13.3. The van der Waals surface area contributed by atoms with Crippen molar-refractivity contribution in [1.82, 2.24) is 0 Å². The van der Waals surface area contributed by atoms with Crippen molar-refractivity contribution in [2.24, 2.45) is 0 Å². The number of rotatable bonds is 11. The highest BCUT2D eigenvalue weighted by molar-refractivity contribution is 7.87. The monoisotopic (exact) mass is 346 g/mol.